The van der Waals surface area contributed by atoms with Crippen molar-refractivity contribution in [3.05, 3.63) is 18.0 Å². The van der Waals surface area contributed by atoms with Crippen molar-refractivity contribution in [1.29, 1.82) is 0 Å². The van der Waals surface area contributed by atoms with E-state index >= 15 is 0 Å². The Morgan fingerprint density at radius 2 is 2.12 bits per heavy atom. The summed E-state index contributed by atoms with van der Waals surface area (Å²) in [5.41, 5.74) is 0.570. The molecular weight excluding hydrogens is 373 g/mol. The van der Waals surface area contributed by atoms with Gasteiger partial charge in [-0.05, 0) is 58.3 Å². The first kappa shape index (κ1) is 23.2. The number of hydrogen-bond acceptors (Lipinski definition) is 4. The fourth-order valence-corrected chi connectivity index (χ4v) is 3.86. The molecule has 2 saturated heterocycles. The number of halogens is 2. The molecule has 2 aliphatic rings. The highest BCUT2D eigenvalue weighted by Crippen LogP contribution is 2.19. The standard InChI is InChI=1S/C18H31N5O.2ClH/c1-21-11-4-3-6-15(21)8-12-22(2)18(24)17-9-13-23(20-17)16-7-5-10-19-14-16;;/h9,13,15-16,19H,3-8,10-12,14H2,1-2H3;2*1H. The number of piperidine rings is 2. The van der Waals surface area contributed by atoms with Crippen molar-refractivity contribution in [2.45, 2.75) is 50.6 Å². The van der Waals surface area contributed by atoms with Gasteiger partial charge in [0.25, 0.3) is 5.91 Å². The van der Waals surface area contributed by atoms with E-state index in [0.717, 1.165) is 32.5 Å². The minimum atomic E-state index is 0. The van der Waals surface area contributed by atoms with Gasteiger partial charge in [-0.3, -0.25) is 9.48 Å². The van der Waals surface area contributed by atoms with E-state index in [9.17, 15) is 4.79 Å². The Bertz CT molecular complexity index is 547. The maximum Gasteiger partial charge on any atom is 0.274 e. The van der Waals surface area contributed by atoms with Crippen molar-refractivity contribution in [3.8, 4) is 0 Å². The van der Waals surface area contributed by atoms with Gasteiger partial charge in [0.05, 0.1) is 6.04 Å². The zero-order valence-electron chi connectivity index (χ0n) is 15.9. The van der Waals surface area contributed by atoms with Gasteiger partial charge in [0.15, 0.2) is 0 Å². The number of nitrogens with one attached hydrogen (secondary N) is 1. The number of amides is 1. The van der Waals surface area contributed by atoms with Crippen LogP contribution in [0.3, 0.4) is 0 Å². The van der Waals surface area contributed by atoms with Crippen LogP contribution in [-0.2, 0) is 0 Å². The van der Waals surface area contributed by atoms with Gasteiger partial charge in [-0.2, -0.15) is 5.10 Å². The van der Waals surface area contributed by atoms with Gasteiger partial charge in [0, 0.05) is 32.4 Å². The van der Waals surface area contributed by atoms with E-state index in [1.165, 1.54) is 32.2 Å². The lowest BCUT2D eigenvalue weighted by Gasteiger charge is -2.33. The Morgan fingerprint density at radius 3 is 2.81 bits per heavy atom. The number of aromatic nitrogens is 2. The molecule has 0 aliphatic carbocycles. The lowest BCUT2D eigenvalue weighted by Crippen LogP contribution is -2.39. The first-order chi connectivity index (χ1) is 11.6. The molecule has 26 heavy (non-hydrogen) atoms. The minimum Gasteiger partial charge on any atom is -0.340 e. The Kier molecular flexibility index (Phi) is 9.93. The molecule has 0 spiro atoms. The summed E-state index contributed by atoms with van der Waals surface area (Å²) in [6, 6.07) is 2.85. The Morgan fingerprint density at radius 1 is 1.31 bits per heavy atom. The van der Waals surface area contributed by atoms with E-state index in [1.807, 2.05) is 28.9 Å². The summed E-state index contributed by atoms with van der Waals surface area (Å²) in [4.78, 5) is 16.9. The normalized spacial score (nSPS) is 23.6. The molecule has 0 saturated carbocycles. The Hall–Kier alpha value is -0.820. The lowest BCUT2D eigenvalue weighted by atomic mass is 10.00. The second-order valence-electron chi connectivity index (χ2n) is 7.33. The number of likely N-dealkylation sites (tertiary alicyclic amines) is 1. The average Bonchev–Trinajstić information content (AvgIpc) is 3.11. The molecule has 2 fully saturated rings. The molecule has 8 heteroatoms. The lowest BCUT2D eigenvalue weighted by molar-refractivity contribution is 0.0763. The molecule has 3 heterocycles. The summed E-state index contributed by atoms with van der Waals surface area (Å²) >= 11 is 0. The summed E-state index contributed by atoms with van der Waals surface area (Å²) in [6.45, 7) is 4.01. The maximum absolute atomic E-state index is 12.6. The molecule has 0 radical (unpaired) electrons. The van der Waals surface area contributed by atoms with Crippen LogP contribution in [0.15, 0.2) is 12.3 Å². The molecule has 3 rings (SSSR count). The largest absolute Gasteiger partial charge is 0.340 e. The van der Waals surface area contributed by atoms with Crippen molar-refractivity contribution < 1.29 is 4.79 Å². The minimum absolute atomic E-state index is 0. The number of carbonyl (C=O) groups excluding carboxylic acids is 1. The topological polar surface area (TPSA) is 53.4 Å². The van der Waals surface area contributed by atoms with Crippen molar-refractivity contribution >= 4 is 30.7 Å². The summed E-state index contributed by atoms with van der Waals surface area (Å²) in [6.07, 6.45) is 9.16. The molecule has 6 nitrogen and oxygen atoms in total. The third kappa shape index (κ3) is 5.84. The van der Waals surface area contributed by atoms with Crippen LogP contribution in [0.4, 0.5) is 0 Å². The molecule has 1 amide bonds. The smallest absolute Gasteiger partial charge is 0.274 e. The van der Waals surface area contributed by atoms with Crippen LogP contribution in [0.5, 0.6) is 0 Å². The van der Waals surface area contributed by atoms with Gasteiger partial charge in [0.2, 0.25) is 0 Å². The SMILES string of the molecule is CN(CCC1CCCCN1C)C(=O)c1ccn(C2CCCNC2)n1.Cl.Cl. The van der Waals surface area contributed by atoms with E-state index in [2.05, 4.69) is 22.4 Å². The fourth-order valence-electron chi connectivity index (χ4n) is 3.86. The second kappa shape index (κ2) is 11.1. The van der Waals surface area contributed by atoms with Crippen molar-refractivity contribution in [2.75, 3.05) is 40.3 Å². The highest BCUT2D eigenvalue weighted by Gasteiger charge is 2.22. The summed E-state index contributed by atoms with van der Waals surface area (Å²) in [5, 5.41) is 7.93. The molecular formula is C18H33Cl2N5O. The molecule has 150 valence electrons. The van der Waals surface area contributed by atoms with Gasteiger partial charge >= 0.3 is 0 Å². The third-order valence-corrected chi connectivity index (χ3v) is 5.54. The molecule has 0 aromatic carbocycles. The predicted octanol–water partition coefficient (Wildman–Crippen LogP) is 2.60. The first-order valence-electron chi connectivity index (χ1n) is 9.36. The van der Waals surface area contributed by atoms with Crippen molar-refractivity contribution in [1.82, 2.24) is 24.9 Å². The van der Waals surface area contributed by atoms with Crippen LogP contribution >= 0.6 is 24.8 Å². The predicted molar refractivity (Wildman–Crippen MR) is 110 cm³/mol. The number of hydrogen-bond donors (Lipinski definition) is 1. The van der Waals surface area contributed by atoms with Gasteiger partial charge in [-0.1, -0.05) is 6.42 Å². The van der Waals surface area contributed by atoms with Gasteiger partial charge < -0.3 is 15.1 Å². The summed E-state index contributed by atoms with van der Waals surface area (Å²) < 4.78 is 1.96. The monoisotopic (exact) mass is 405 g/mol. The van der Waals surface area contributed by atoms with E-state index in [0.29, 0.717) is 17.8 Å². The molecule has 2 aliphatic heterocycles. The first-order valence-corrected chi connectivity index (χ1v) is 9.36. The van der Waals surface area contributed by atoms with Gasteiger partial charge in [0.1, 0.15) is 5.69 Å². The van der Waals surface area contributed by atoms with Crippen LogP contribution in [0.2, 0.25) is 0 Å². The Labute approximate surface area is 169 Å². The fraction of sp³-hybridized carbons (Fsp3) is 0.778. The second-order valence-corrected chi connectivity index (χ2v) is 7.33. The zero-order valence-corrected chi connectivity index (χ0v) is 17.5. The van der Waals surface area contributed by atoms with Crippen LogP contribution < -0.4 is 5.32 Å². The van der Waals surface area contributed by atoms with Crippen LogP contribution in [0, 0.1) is 0 Å². The van der Waals surface area contributed by atoms with Crippen LogP contribution in [-0.4, -0.2) is 71.8 Å². The molecule has 0 bridgehead atoms. The average molecular weight is 406 g/mol. The third-order valence-electron chi connectivity index (χ3n) is 5.54. The summed E-state index contributed by atoms with van der Waals surface area (Å²) in [7, 11) is 4.10. The summed E-state index contributed by atoms with van der Waals surface area (Å²) in [5.74, 6) is 0.0379. The number of rotatable bonds is 5. The highest BCUT2D eigenvalue weighted by molar-refractivity contribution is 5.92. The number of nitrogens with zero attached hydrogens (tertiary/aromatic N) is 4. The molecule has 1 aromatic heterocycles. The van der Waals surface area contributed by atoms with Crippen molar-refractivity contribution in [3.63, 3.8) is 0 Å². The molecule has 2 atom stereocenters. The van der Waals surface area contributed by atoms with Crippen molar-refractivity contribution in [2.24, 2.45) is 0 Å². The van der Waals surface area contributed by atoms with Crippen LogP contribution in [0.25, 0.3) is 0 Å². The van der Waals surface area contributed by atoms with Gasteiger partial charge in [-0.25, -0.2) is 0 Å². The molecule has 1 N–H and O–H groups in total. The molecule has 2 unspecified atom stereocenters. The maximum atomic E-state index is 12.6. The van der Waals surface area contributed by atoms with E-state index in [1.54, 1.807) is 0 Å². The van der Waals surface area contributed by atoms with E-state index < -0.39 is 0 Å². The Balaban J connectivity index is 0.00000169. The van der Waals surface area contributed by atoms with E-state index in [-0.39, 0.29) is 30.7 Å². The van der Waals surface area contributed by atoms with Crippen LogP contribution in [0.1, 0.15) is 55.1 Å². The van der Waals surface area contributed by atoms with E-state index in [4.69, 9.17) is 0 Å². The zero-order chi connectivity index (χ0) is 16.9. The highest BCUT2D eigenvalue weighted by atomic mass is 35.5. The van der Waals surface area contributed by atoms with Gasteiger partial charge in [-0.15, -0.1) is 24.8 Å². The quantitative estimate of drug-likeness (QED) is 0.817. The molecule has 1 aromatic rings. The number of carbonyl (C=O) groups is 1.